The fraction of sp³-hybridized carbons (Fsp3) is 0.158. The second kappa shape index (κ2) is 5.38. The summed E-state index contributed by atoms with van der Waals surface area (Å²) >= 11 is 0. The summed E-state index contributed by atoms with van der Waals surface area (Å²) < 4.78 is 0. The van der Waals surface area contributed by atoms with Crippen molar-refractivity contribution < 1.29 is 0 Å². The number of nitrogens with one attached hydrogen (secondary N) is 1. The Hall–Kier alpha value is -2.28. The molecule has 3 aromatic rings. The summed E-state index contributed by atoms with van der Waals surface area (Å²) in [5.41, 5.74) is 5.14. The lowest BCUT2D eigenvalue weighted by molar-refractivity contribution is 1.21. The molecule has 0 aromatic heterocycles. The van der Waals surface area contributed by atoms with Gasteiger partial charge in [0.1, 0.15) is 0 Å². The molecule has 0 heterocycles. The highest BCUT2D eigenvalue weighted by Gasteiger charge is 2.11. The van der Waals surface area contributed by atoms with Crippen LogP contribution in [0.3, 0.4) is 0 Å². The predicted molar refractivity (Wildman–Crippen MR) is 88.3 cm³/mol. The Kier molecular flexibility index (Phi) is 3.42. The summed E-state index contributed by atoms with van der Waals surface area (Å²) in [7, 11) is 0. The lowest BCUT2D eigenvalue weighted by atomic mass is 9.93. The van der Waals surface area contributed by atoms with E-state index in [1.165, 1.54) is 33.2 Å². The molecule has 100 valence electrons. The number of aryl methyl sites for hydroxylation is 1. The molecule has 3 aromatic carbocycles. The number of hydrogen-bond donors (Lipinski definition) is 1. The van der Waals surface area contributed by atoms with E-state index in [2.05, 4.69) is 79.8 Å². The third kappa shape index (κ3) is 2.16. The highest BCUT2D eigenvalue weighted by atomic mass is 14.9. The van der Waals surface area contributed by atoms with Gasteiger partial charge in [-0.05, 0) is 41.8 Å². The lowest BCUT2D eigenvalue weighted by Crippen LogP contribution is -2.00. The zero-order valence-electron chi connectivity index (χ0n) is 12.0. The van der Waals surface area contributed by atoms with Crippen LogP contribution in [0.5, 0.6) is 0 Å². The zero-order valence-corrected chi connectivity index (χ0v) is 12.0. The van der Waals surface area contributed by atoms with Crippen LogP contribution in [-0.4, -0.2) is 6.54 Å². The van der Waals surface area contributed by atoms with Gasteiger partial charge in [-0.2, -0.15) is 0 Å². The Balaban J connectivity index is 2.33. The molecule has 0 aliphatic carbocycles. The third-order valence-corrected chi connectivity index (χ3v) is 3.74. The van der Waals surface area contributed by atoms with Gasteiger partial charge in [-0.25, -0.2) is 0 Å². The summed E-state index contributed by atoms with van der Waals surface area (Å²) in [4.78, 5) is 0. The van der Waals surface area contributed by atoms with Crippen LogP contribution in [-0.2, 0) is 0 Å². The van der Waals surface area contributed by atoms with Gasteiger partial charge >= 0.3 is 0 Å². The standard InChI is InChI=1S/C19H19N/c1-3-20-18-13-16-11-7-8-12-17(16)14(2)19(18)15-9-5-4-6-10-15/h4-13,20H,3H2,1-2H3. The van der Waals surface area contributed by atoms with Gasteiger partial charge in [-0.3, -0.25) is 0 Å². The fourth-order valence-corrected chi connectivity index (χ4v) is 2.84. The Morgan fingerprint density at radius 1 is 0.900 bits per heavy atom. The molecule has 0 unspecified atom stereocenters. The van der Waals surface area contributed by atoms with Gasteiger partial charge in [-0.1, -0.05) is 54.6 Å². The van der Waals surface area contributed by atoms with Crippen molar-refractivity contribution in [2.75, 3.05) is 11.9 Å². The monoisotopic (exact) mass is 261 g/mol. The molecule has 0 bridgehead atoms. The molecule has 0 saturated carbocycles. The Labute approximate surface area is 120 Å². The molecule has 3 rings (SSSR count). The predicted octanol–water partition coefficient (Wildman–Crippen LogP) is 5.25. The molecule has 0 fully saturated rings. The first-order chi connectivity index (χ1) is 9.81. The van der Waals surface area contributed by atoms with Crippen LogP contribution in [0.4, 0.5) is 5.69 Å². The minimum absolute atomic E-state index is 0.928. The number of anilines is 1. The van der Waals surface area contributed by atoms with Crippen molar-refractivity contribution in [3.05, 3.63) is 66.2 Å². The molecule has 20 heavy (non-hydrogen) atoms. The van der Waals surface area contributed by atoms with Crippen molar-refractivity contribution in [1.82, 2.24) is 0 Å². The average Bonchev–Trinajstić information content (AvgIpc) is 2.49. The van der Waals surface area contributed by atoms with Gasteiger partial charge in [0.2, 0.25) is 0 Å². The summed E-state index contributed by atoms with van der Waals surface area (Å²) in [5, 5.41) is 6.13. The zero-order chi connectivity index (χ0) is 13.9. The average molecular weight is 261 g/mol. The van der Waals surface area contributed by atoms with Crippen LogP contribution in [0, 0.1) is 6.92 Å². The Bertz CT molecular complexity index is 729. The van der Waals surface area contributed by atoms with E-state index in [1.54, 1.807) is 0 Å². The molecule has 0 spiro atoms. The summed E-state index contributed by atoms with van der Waals surface area (Å²) in [6.07, 6.45) is 0. The molecule has 0 aliphatic heterocycles. The van der Waals surface area contributed by atoms with E-state index in [1.807, 2.05) is 0 Å². The van der Waals surface area contributed by atoms with Crippen LogP contribution < -0.4 is 5.32 Å². The number of benzene rings is 3. The first kappa shape index (κ1) is 12.7. The second-order valence-electron chi connectivity index (χ2n) is 5.04. The SMILES string of the molecule is CCNc1cc2ccccc2c(C)c1-c1ccccc1. The van der Waals surface area contributed by atoms with Crippen molar-refractivity contribution in [2.45, 2.75) is 13.8 Å². The largest absolute Gasteiger partial charge is 0.385 e. The summed E-state index contributed by atoms with van der Waals surface area (Å²) in [6, 6.07) is 21.5. The Morgan fingerprint density at radius 3 is 2.35 bits per heavy atom. The van der Waals surface area contributed by atoms with Crippen LogP contribution in [0.25, 0.3) is 21.9 Å². The van der Waals surface area contributed by atoms with Crippen LogP contribution in [0.1, 0.15) is 12.5 Å². The van der Waals surface area contributed by atoms with Gasteiger partial charge in [0.25, 0.3) is 0 Å². The van der Waals surface area contributed by atoms with Gasteiger partial charge in [-0.15, -0.1) is 0 Å². The molecule has 1 N–H and O–H groups in total. The molecular formula is C19H19N. The maximum absolute atomic E-state index is 3.51. The fourth-order valence-electron chi connectivity index (χ4n) is 2.84. The summed E-state index contributed by atoms with van der Waals surface area (Å²) in [6.45, 7) is 5.28. The van der Waals surface area contributed by atoms with Gasteiger partial charge in [0.05, 0.1) is 0 Å². The van der Waals surface area contributed by atoms with E-state index >= 15 is 0 Å². The molecule has 0 radical (unpaired) electrons. The molecule has 0 atom stereocenters. The Morgan fingerprint density at radius 2 is 1.60 bits per heavy atom. The van der Waals surface area contributed by atoms with Crippen molar-refractivity contribution in [3.8, 4) is 11.1 Å². The van der Waals surface area contributed by atoms with Crippen LogP contribution >= 0.6 is 0 Å². The van der Waals surface area contributed by atoms with E-state index < -0.39 is 0 Å². The number of hydrogen-bond acceptors (Lipinski definition) is 1. The van der Waals surface area contributed by atoms with E-state index in [4.69, 9.17) is 0 Å². The third-order valence-electron chi connectivity index (χ3n) is 3.74. The maximum atomic E-state index is 3.51. The van der Waals surface area contributed by atoms with Crippen molar-refractivity contribution in [1.29, 1.82) is 0 Å². The lowest BCUT2D eigenvalue weighted by Gasteiger charge is -2.17. The van der Waals surface area contributed by atoms with E-state index in [9.17, 15) is 0 Å². The molecule has 0 saturated heterocycles. The maximum Gasteiger partial charge on any atom is 0.0428 e. The molecule has 0 amide bonds. The quantitative estimate of drug-likeness (QED) is 0.679. The highest BCUT2D eigenvalue weighted by Crippen LogP contribution is 2.36. The topological polar surface area (TPSA) is 12.0 Å². The van der Waals surface area contributed by atoms with Gasteiger partial charge in [0, 0.05) is 17.8 Å². The van der Waals surface area contributed by atoms with E-state index in [-0.39, 0.29) is 0 Å². The number of rotatable bonds is 3. The van der Waals surface area contributed by atoms with Crippen LogP contribution in [0.15, 0.2) is 60.7 Å². The molecular weight excluding hydrogens is 242 g/mol. The second-order valence-corrected chi connectivity index (χ2v) is 5.04. The minimum Gasteiger partial charge on any atom is -0.385 e. The van der Waals surface area contributed by atoms with E-state index in [0.29, 0.717) is 0 Å². The normalized spacial score (nSPS) is 10.7. The smallest absolute Gasteiger partial charge is 0.0428 e. The van der Waals surface area contributed by atoms with Gasteiger partial charge < -0.3 is 5.32 Å². The molecule has 0 aliphatic rings. The first-order valence-corrected chi connectivity index (χ1v) is 7.13. The molecule has 1 nitrogen and oxygen atoms in total. The van der Waals surface area contributed by atoms with Crippen molar-refractivity contribution >= 4 is 16.5 Å². The molecule has 1 heteroatoms. The van der Waals surface area contributed by atoms with E-state index in [0.717, 1.165) is 6.54 Å². The van der Waals surface area contributed by atoms with Crippen LogP contribution in [0.2, 0.25) is 0 Å². The van der Waals surface area contributed by atoms with Crippen molar-refractivity contribution in [3.63, 3.8) is 0 Å². The number of fused-ring (bicyclic) bond motifs is 1. The summed E-state index contributed by atoms with van der Waals surface area (Å²) in [5.74, 6) is 0. The van der Waals surface area contributed by atoms with Crippen molar-refractivity contribution in [2.24, 2.45) is 0 Å². The highest BCUT2D eigenvalue weighted by molar-refractivity contribution is 5.98. The van der Waals surface area contributed by atoms with Gasteiger partial charge in [0.15, 0.2) is 0 Å². The first-order valence-electron chi connectivity index (χ1n) is 7.13. The minimum atomic E-state index is 0.928.